The summed E-state index contributed by atoms with van der Waals surface area (Å²) in [5, 5.41) is 28.3. The Hall–Kier alpha value is -3.20. The quantitative estimate of drug-likeness (QED) is 0.137. The van der Waals surface area contributed by atoms with Crippen molar-refractivity contribution in [2.24, 2.45) is 0 Å². The standard InChI is InChI=1S/C28H34Si.2C11H16O.Zr/c1-17(2)23-13-9-11-21-15-19(5)27(25(21)23)29(7,8)28-20(6)16-22-12-10-14-24(18(3)4)26(22)28;2*1-8-5-6-10(12)9(7-8)11(2,3)4;/h9-18H,1-8H3;2*5-7,12H,1-4H3;/q-2;;;+2. The molecular formula is C50H66O2SiZr. The Labute approximate surface area is 347 Å². The summed E-state index contributed by atoms with van der Waals surface area (Å²) in [6.45, 7) is 35.8. The molecule has 0 atom stereocenters. The van der Waals surface area contributed by atoms with Gasteiger partial charge < -0.3 is 10.2 Å². The van der Waals surface area contributed by atoms with Gasteiger partial charge in [0.1, 0.15) is 11.5 Å². The minimum atomic E-state index is -1.92. The fraction of sp³-hybridized carbons (Fsp3) is 0.400. The van der Waals surface area contributed by atoms with Crippen LogP contribution in [-0.4, -0.2) is 18.3 Å². The Morgan fingerprint density at radius 1 is 0.537 bits per heavy atom. The van der Waals surface area contributed by atoms with Crippen molar-refractivity contribution in [2.75, 3.05) is 0 Å². The molecule has 6 rings (SSSR count). The summed E-state index contributed by atoms with van der Waals surface area (Å²) < 4.78 is 0. The van der Waals surface area contributed by atoms with Crippen molar-refractivity contribution in [3.8, 4) is 11.5 Å². The average molecular weight is 818 g/mol. The van der Waals surface area contributed by atoms with Crippen LogP contribution >= 0.6 is 0 Å². The maximum atomic E-state index is 9.57. The van der Waals surface area contributed by atoms with E-state index >= 15 is 0 Å². The van der Waals surface area contributed by atoms with E-state index in [1.165, 1.54) is 54.9 Å². The number of hydrogen-bond acceptors (Lipinski definition) is 2. The van der Waals surface area contributed by atoms with Gasteiger partial charge in [-0.25, -0.2) is 0 Å². The summed E-state index contributed by atoms with van der Waals surface area (Å²) in [6, 6.07) is 30.0. The molecule has 0 aliphatic heterocycles. The van der Waals surface area contributed by atoms with E-state index in [0.717, 1.165) is 11.1 Å². The molecule has 0 aliphatic rings. The van der Waals surface area contributed by atoms with E-state index in [4.69, 9.17) is 0 Å². The third kappa shape index (κ3) is 9.78. The molecule has 0 heterocycles. The van der Waals surface area contributed by atoms with Crippen molar-refractivity contribution in [1.82, 2.24) is 0 Å². The Balaban J connectivity index is 0.000000259. The summed E-state index contributed by atoms with van der Waals surface area (Å²) in [5.41, 5.74) is 10.4. The second-order valence-corrected chi connectivity index (χ2v) is 22.8. The summed E-state index contributed by atoms with van der Waals surface area (Å²) in [7, 11) is -1.92. The molecule has 0 amide bonds. The molecule has 6 aromatic rings. The summed E-state index contributed by atoms with van der Waals surface area (Å²) in [5.74, 6) is 1.86. The van der Waals surface area contributed by atoms with Crippen LogP contribution in [0.2, 0.25) is 13.1 Å². The predicted molar refractivity (Wildman–Crippen MR) is 237 cm³/mol. The van der Waals surface area contributed by atoms with Crippen molar-refractivity contribution in [3.63, 3.8) is 0 Å². The van der Waals surface area contributed by atoms with Crippen LogP contribution in [0.1, 0.15) is 126 Å². The third-order valence-corrected chi connectivity index (χ3v) is 14.5. The van der Waals surface area contributed by atoms with E-state index < -0.39 is 8.07 Å². The van der Waals surface area contributed by atoms with Crippen molar-refractivity contribution in [3.05, 3.63) is 129 Å². The number of aryl methyl sites for hydroxylation is 4. The predicted octanol–water partition coefficient (Wildman–Crippen LogP) is 13.1. The second kappa shape index (κ2) is 17.3. The average Bonchev–Trinajstić information content (AvgIpc) is 3.58. The van der Waals surface area contributed by atoms with Gasteiger partial charge >= 0.3 is 26.2 Å². The molecule has 0 radical (unpaired) electrons. The number of hydrogen-bond donors (Lipinski definition) is 2. The van der Waals surface area contributed by atoms with Crippen LogP contribution in [0, 0.1) is 27.7 Å². The first-order valence-electron chi connectivity index (χ1n) is 19.5. The van der Waals surface area contributed by atoms with Crippen molar-refractivity contribution in [2.45, 2.75) is 133 Å². The van der Waals surface area contributed by atoms with Crippen LogP contribution in [-0.2, 0) is 37.0 Å². The summed E-state index contributed by atoms with van der Waals surface area (Å²) >= 11 is 0. The third-order valence-electron chi connectivity index (χ3n) is 10.7. The van der Waals surface area contributed by atoms with Gasteiger partial charge in [-0.05, 0) is 59.8 Å². The zero-order chi connectivity index (χ0) is 39.8. The summed E-state index contributed by atoms with van der Waals surface area (Å²) in [4.78, 5) is 0. The monoisotopic (exact) mass is 816 g/mol. The number of benzene rings is 4. The molecule has 0 saturated heterocycles. The van der Waals surface area contributed by atoms with Gasteiger partial charge in [0.2, 0.25) is 0 Å². The normalized spacial score (nSPS) is 12.0. The topological polar surface area (TPSA) is 40.5 Å². The minimum Gasteiger partial charge on any atom is -0.508 e. The molecule has 286 valence electrons. The van der Waals surface area contributed by atoms with Crippen molar-refractivity contribution < 1.29 is 36.4 Å². The molecule has 0 fully saturated rings. The largest absolute Gasteiger partial charge is 2.00 e. The first-order chi connectivity index (χ1) is 24.5. The smallest absolute Gasteiger partial charge is 0.508 e. The zero-order valence-electron chi connectivity index (χ0n) is 36.1. The number of phenolic OH excluding ortho intramolecular Hbond substituents is 2. The van der Waals surface area contributed by atoms with Crippen LogP contribution in [0.5, 0.6) is 11.5 Å². The molecule has 0 aromatic heterocycles. The van der Waals surface area contributed by atoms with Gasteiger partial charge in [0.25, 0.3) is 0 Å². The van der Waals surface area contributed by atoms with Crippen LogP contribution in [0.15, 0.2) is 84.9 Å². The number of fused-ring (bicyclic) bond motifs is 2. The van der Waals surface area contributed by atoms with Crippen LogP contribution in [0.4, 0.5) is 0 Å². The zero-order valence-corrected chi connectivity index (χ0v) is 39.6. The number of rotatable bonds is 4. The van der Waals surface area contributed by atoms with Gasteiger partial charge in [-0.1, -0.05) is 155 Å². The molecule has 54 heavy (non-hydrogen) atoms. The van der Waals surface area contributed by atoms with Gasteiger partial charge in [-0.2, -0.15) is 10.4 Å². The van der Waals surface area contributed by atoms with Gasteiger partial charge in [-0.15, -0.1) is 69.1 Å². The maximum Gasteiger partial charge on any atom is 2.00 e. The first kappa shape index (κ1) is 45.2. The Bertz CT molecular complexity index is 2040. The Kier molecular flexibility index (Phi) is 14.5. The minimum absolute atomic E-state index is 0. The molecular weight excluding hydrogens is 752 g/mol. The molecule has 4 heteroatoms. The molecule has 2 nitrogen and oxygen atoms in total. The Morgan fingerprint density at radius 3 is 1.15 bits per heavy atom. The van der Waals surface area contributed by atoms with Gasteiger partial charge in [-0.3, -0.25) is 0 Å². The fourth-order valence-electron chi connectivity index (χ4n) is 8.20. The molecule has 2 N–H and O–H groups in total. The maximum absolute atomic E-state index is 9.57. The number of aromatic hydroxyl groups is 2. The van der Waals surface area contributed by atoms with E-state index in [9.17, 15) is 10.2 Å². The molecule has 0 saturated carbocycles. The van der Waals surface area contributed by atoms with Crippen molar-refractivity contribution in [1.29, 1.82) is 0 Å². The van der Waals surface area contributed by atoms with E-state index in [1.54, 1.807) is 22.5 Å². The van der Waals surface area contributed by atoms with Crippen LogP contribution in [0.3, 0.4) is 0 Å². The molecule has 6 aromatic carbocycles. The Morgan fingerprint density at radius 2 is 0.870 bits per heavy atom. The van der Waals surface area contributed by atoms with E-state index in [0.29, 0.717) is 23.3 Å². The van der Waals surface area contributed by atoms with Gasteiger partial charge in [0.05, 0.1) is 0 Å². The molecule has 0 spiro atoms. The number of phenols is 2. The van der Waals surface area contributed by atoms with Crippen LogP contribution in [0.25, 0.3) is 21.5 Å². The van der Waals surface area contributed by atoms with Crippen molar-refractivity contribution >= 4 is 40.0 Å². The van der Waals surface area contributed by atoms with Gasteiger partial charge in [0, 0.05) is 8.07 Å². The SMILES string of the molecule is Cc1[cH-]c2cccc(C(C)C)c2c1[Si](C)(C)c1c(C)[cH-]c2cccc(C(C)C)c12.Cc1ccc(O)c(C(C)(C)C)c1.Cc1ccc(O)c(C(C)(C)C)c1.[Zr+2]. The van der Waals surface area contributed by atoms with E-state index in [1.807, 2.05) is 38.1 Å². The molecule has 0 bridgehead atoms. The molecule has 0 unspecified atom stereocenters. The van der Waals surface area contributed by atoms with E-state index in [-0.39, 0.29) is 37.0 Å². The summed E-state index contributed by atoms with van der Waals surface area (Å²) in [6.07, 6.45) is 0. The van der Waals surface area contributed by atoms with Crippen LogP contribution < -0.4 is 10.4 Å². The molecule has 0 aliphatic carbocycles. The second-order valence-electron chi connectivity index (χ2n) is 18.5. The van der Waals surface area contributed by atoms with Gasteiger partial charge in [0.15, 0.2) is 0 Å². The first-order valence-corrected chi connectivity index (χ1v) is 22.5. The fourth-order valence-corrected chi connectivity index (χ4v) is 12.4. The van der Waals surface area contributed by atoms with E-state index in [2.05, 4.69) is 145 Å².